The number of methoxy groups -OCH3 is 2. The number of ether oxygens (including phenoxy) is 2. The highest BCUT2D eigenvalue weighted by Crippen LogP contribution is 2.30. The second kappa shape index (κ2) is 10.7. The lowest BCUT2D eigenvalue weighted by Crippen LogP contribution is -2.46. The maximum absolute atomic E-state index is 12.6. The molecule has 0 saturated carbocycles. The van der Waals surface area contributed by atoms with Crippen LogP contribution in [0.2, 0.25) is 5.02 Å². The molecule has 2 aromatic rings. The lowest BCUT2D eigenvalue weighted by atomic mass is 10.2. The molecule has 0 spiro atoms. The van der Waals surface area contributed by atoms with Crippen LogP contribution in [-0.4, -0.2) is 62.9 Å². The van der Waals surface area contributed by atoms with Crippen molar-refractivity contribution in [3.05, 3.63) is 47.0 Å². The molecule has 1 fully saturated rings. The molecule has 166 valence electrons. The Labute approximate surface area is 193 Å². The number of rotatable bonds is 6. The minimum atomic E-state index is -0.381. The molecule has 3 rings (SSSR count). The summed E-state index contributed by atoms with van der Waals surface area (Å²) in [6.45, 7) is 7.18. The van der Waals surface area contributed by atoms with E-state index in [9.17, 15) is 4.79 Å². The van der Waals surface area contributed by atoms with Crippen LogP contribution in [0.25, 0.3) is 0 Å². The van der Waals surface area contributed by atoms with Gasteiger partial charge in [-0.3, -0.25) is 10.1 Å². The van der Waals surface area contributed by atoms with Gasteiger partial charge in [0.05, 0.1) is 30.5 Å². The average molecular weight is 463 g/mol. The quantitative estimate of drug-likeness (QED) is 0.635. The van der Waals surface area contributed by atoms with Crippen LogP contribution in [0.4, 0.5) is 11.4 Å². The van der Waals surface area contributed by atoms with Crippen LogP contribution in [0, 0.1) is 0 Å². The zero-order valence-electron chi connectivity index (χ0n) is 17.9. The number of halogens is 1. The summed E-state index contributed by atoms with van der Waals surface area (Å²) in [5, 5.41) is 6.49. The van der Waals surface area contributed by atoms with E-state index in [0.29, 0.717) is 27.8 Å². The minimum Gasteiger partial charge on any atom is -0.497 e. The van der Waals surface area contributed by atoms with Crippen molar-refractivity contribution >= 4 is 46.2 Å². The van der Waals surface area contributed by atoms with E-state index in [1.54, 1.807) is 25.3 Å². The molecule has 1 aliphatic rings. The molecule has 7 nitrogen and oxygen atoms in total. The van der Waals surface area contributed by atoms with Crippen molar-refractivity contribution in [2.24, 2.45) is 0 Å². The minimum absolute atomic E-state index is 0.170. The number of amides is 1. The second-order valence-corrected chi connectivity index (χ2v) is 7.88. The molecule has 1 heterocycles. The third-order valence-corrected chi connectivity index (χ3v) is 5.75. The highest BCUT2D eigenvalue weighted by molar-refractivity contribution is 7.80. The third kappa shape index (κ3) is 5.78. The number of carbonyl (C=O) groups is 1. The van der Waals surface area contributed by atoms with E-state index in [1.807, 2.05) is 18.2 Å². The van der Waals surface area contributed by atoms with Gasteiger partial charge >= 0.3 is 0 Å². The van der Waals surface area contributed by atoms with Gasteiger partial charge in [-0.2, -0.15) is 0 Å². The molecule has 2 aromatic carbocycles. The number of carbonyl (C=O) groups excluding carboxylic acids is 1. The van der Waals surface area contributed by atoms with E-state index in [0.717, 1.165) is 38.4 Å². The number of hydrogen-bond donors (Lipinski definition) is 2. The van der Waals surface area contributed by atoms with Crippen LogP contribution in [0.15, 0.2) is 36.4 Å². The van der Waals surface area contributed by atoms with Crippen LogP contribution >= 0.6 is 23.8 Å². The van der Waals surface area contributed by atoms with Gasteiger partial charge in [-0.15, -0.1) is 0 Å². The van der Waals surface area contributed by atoms with Crippen LogP contribution in [0.5, 0.6) is 11.5 Å². The summed E-state index contributed by atoms with van der Waals surface area (Å²) in [5.41, 5.74) is 2.06. The molecule has 9 heteroatoms. The first-order valence-electron chi connectivity index (χ1n) is 10.1. The normalized spacial score (nSPS) is 14.1. The molecule has 1 amide bonds. The van der Waals surface area contributed by atoms with Crippen molar-refractivity contribution in [3.63, 3.8) is 0 Å². The number of nitrogens with zero attached hydrogens (tertiary/aromatic N) is 2. The lowest BCUT2D eigenvalue weighted by Gasteiger charge is -2.36. The zero-order chi connectivity index (χ0) is 22.4. The Hall–Kier alpha value is -2.55. The molecular weight excluding hydrogens is 436 g/mol. The summed E-state index contributed by atoms with van der Waals surface area (Å²) < 4.78 is 10.4. The van der Waals surface area contributed by atoms with E-state index in [4.69, 9.17) is 33.3 Å². The molecule has 2 N–H and O–H groups in total. The van der Waals surface area contributed by atoms with Gasteiger partial charge in [0.1, 0.15) is 11.5 Å². The molecule has 0 atom stereocenters. The number of anilines is 2. The topological polar surface area (TPSA) is 66.1 Å². The van der Waals surface area contributed by atoms with Crippen molar-refractivity contribution in [1.29, 1.82) is 0 Å². The molecule has 0 unspecified atom stereocenters. The number of thiocarbonyl (C=S) groups is 1. The van der Waals surface area contributed by atoms with Gasteiger partial charge in [0, 0.05) is 37.9 Å². The highest BCUT2D eigenvalue weighted by atomic mass is 35.5. The van der Waals surface area contributed by atoms with Crippen LogP contribution in [-0.2, 0) is 0 Å². The Morgan fingerprint density at radius 3 is 2.45 bits per heavy atom. The van der Waals surface area contributed by atoms with Gasteiger partial charge in [-0.05, 0) is 49.1 Å². The summed E-state index contributed by atoms with van der Waals surface area (Å²) in [5.74, 6) is 0.615. The molecule has 1 saturated heterocycles. The fourth-order valence-corrected chi connectivity index (χ4v) is 3.98. The summed E-state index contributed by atoms with van der Waals surface area (Å²) >= 11 is 11.8. The van der Waals surface area contributed by atoms with Crippen molar-refractivity contribution in [2.75, 3.05) is 57.2 Å². The predicted molar refractivity (Wildman–Crippen MR) is 129 cm³/mol. The van der Waals surface area contributed by atoms with Crippen molar-refractivity contribution < 1.29 is 14.3 Å². The summed E-state index contributed by atoms with van der Waals surface area (Å²) in [4.78, 5) is 17.3. The molecule has 0 aromatic heterocycles. The Bertz CT molecular complexity index is 948. The highest BCUT2D eigenvalue weighted by Gasteiger charge is 2.19. The second-order valence-electron chi connectivity index (χ2n) is 7.06. The van der Waals surface area contributed by atoms with Crippen molar-refractivity contribution in [3.8, 4) is 11.5 Å². The first-order valence-corrected chi connectivity index (χ1v) is 10.8. The Balaban J connectivity index is 1.62. The molecule has 1 aliphatic heterocycles. The van der Waals surface area contributed by atoms with E-state index < -0.39 is 0 Å². The third-order valence-electron chi connectivity index (χ3n) is 5.25. The van der Waals surface area contributed by atoms with E-state index in [1.165, 1.54) is 7.11 Å². The summed E-state index contributed by atoms with van der Waals surface area (Å²) in [6.07, 6.45) is 0. The number of hydrogen-bond acceptors (Lipinski definition) is 6. The van der Waals surface area contributed by atoms with E-state index >= 15 is 0 Å². The van der Waals surface area contributed by atoms with E-state index in [2.05, 4.69) is 27.4 Å². The maximum Gasteiger partial charge on any atom is 0.261 e. The predicted octanol–water partition coefficient (Wildman–Crippen LogP) is 3.63. The number of likely N-dealkylation sites (N-methyl/N-ethyl adjacent to an activating group) is 1. The maximum atomic E-state index is 12.6. The number of nitrogens with one attached hydrogen (secondary N) is 2. The van der Waals surface area contributed by atoms with Crippen molar-refractivity contribution in [2.45, 2.75) is 6.92 Å². The van der Waals surface area contributed by atoms with Gasteiger partial charge < -0.3 is 24.6 Å². The number of benzene rings is 2. The SMILES string of the molecule is CCN1CCN(c2ccc(NC(=S)NC(=O)c3ccc(OC)cc3OC)cc2Cl)CC1. The molecule has 0 bridgehead atoms. The van der Waals surface area contributed by atoms with Gasteiger partial charge in [-0.25, -0.2) is 0 Å². The summed E-state index contributed by atoms with van der Waals surface area (Å²) in [7, 11) is 3.04. The smallest absolute Gasteiger partial charge is 0.261 e. The Morgan fingerprint density at radius 1 is 1.10 bits per heavy atom. The van der Waals surface area contributed by atoms with Crippen LogP contribution in [0.1, 0.15) is 17.3 Å². The Kier molecular flexibility index (Phi) is 7.95. The van der Waals surface area contributed by atoms with Gasteiger partial charge in [-0.1, -0.05) is 18.5 Å². The largest absolute Gasteiger partial charge is 0.497 e. The zero-order valence-corrected chi connectivity index (χ0v) is 19.5. The van der Waals surface area contributed by atoms with Gasteiger partial charge in [0.2, 0.25) is 0 Å². The molecule has 0 radical (unpaired) electrons. The first-order chi connectivity index (χ1) is 14.9. The Morgan fingerprint density at radius 2 is 1.84 bits per heavy atom. The standard InChI is InChI=1S/C22H27ClN4O3S/c1-4-26-9-11-27(12-10-26)19-8-5-15(13-18(19)23)24-22(31)25-21(28)17-7-6-16(29-2)14-20(17)30-3/h5-8,13-14H,4,9-12H2,1-3H3,(H2,24,25,28,31). The molecular formula is C22H27ClN4O3S. The van der Waals surface area contributed by atoms with Gasteiger partial charge in [0.25, 0.3) is 5.91 Å². The van der Waals surface area contributed by atoms with E-state index in [-0.39, 0.29) is 11.0 Å². The van der Waals surface area contributed by atoms with Gasteiger partial charge in [0.15, 0.2) is 5.11 Å². The number of piperazine rings is 1. The average Bonchev–Trinajstić information content (AvgIpc) is 2.78. The lowest BCUT2D eigenvalue weighted by molar-refractivity contribution is 0.0974. The fraction of sp³-hybridized carbons (Fsp3) is 0.364. The molecule has 0 aliphatic carbocycles. The van der Waals surface area contributed by atoms with Crippen LogP contribution in [0.3, 0.4) is 0 Å². The first kappa shape index (κ1) is 23.1. The van der Waals surface area contributed by atoms with Crippen LogP contribution < -0.4 is 25.0 Å². The monoisotopic (exact) mass is 462 g/mol. The molecule has 31 heavy (non-hydrogen) atoms. The van der Waals surface area contributed by atoms with Crippen molar-refractivity contribution in [1.82, 2.24) is 10.2 Å². The fourth-order valence-electron chi connectivity index (χ4n) is 3.47. The summed E-state index contributed by atoms with van der Waals surface area (Å²) in [6, 6.07) is 10.6.